The van der Waals surface area contributed by atoms with E-state index < -0.39 is 0 Å². The van der Waals surface area contributed by atoms with Crippen LogP contribution in [0.2, 0.25) is 0 Å². The van der Waals surface area contributed by atoms with Crippen LogP contribution >= 0.6 is 15.9 Å². The summed E-state index contributed by atoms with van der Waals surface area (Å²) in [5.41, 5.74) is 2.15. The molecule has 0 radical (unpaired) electrons. The van der Waals surface area contributed by atoms with Gasteiger partial charge in [0.15, 0.2) is 6.61 Å². The maximum absolute atomic E-state index is 12.9. The van der Waals surface area contributed by atoms with Crippen LogP contribution in [0.4, 0.5) is 5.69 Å². The molecular weight excluding hydrogens is 420 g/mol. The zero-order valence-electron chi connectivity index (χ0n) is 16.0. The summed E-state index contributed by atoms with van der Waals surface area (Å²) in [6.45, 7) is 3.39. The normalized spacial score (nSPS) is 14.3. The van der Waals surface area contributed by atoms with Crippen molar-refractivity contribution in [2.45, 2.75) is 32.6 Å². The van der Waals surface area contributed by atoms with Gasteiger partial charge in [-0.1, -0.05) is 31.0 Å². The highest BCUT2D eigenvalue weighted by Gasteiger charge is 2.20. The fourth-order valence-electron chi connectivity index (χ4n) is 3.28. The van der Waals surface area contributed by atoms with Gasteiger partial charge in [-0.3, -0.25) is 9.59 Å². The zero-order valence-corrected chi connectivity index (χ0v) is 17.6. The van der Waals surface area contributed by atoms with Crippen LogP contribution in [0.1, 0.15) is 41.6 Å². The Morgan fingerprint density at radius 3 is 2.50 bits per heavy atom. The molecule has 0 atom stereocenters. The zero-order chi connectivity index (χ0) is 19.9. The van der Waals surface area contributed by atoms with Crippen LogP contribution in [0.5, 0.6) is 5.75 Å². The molecule has 0 unspecified atom stereocenters. The summed E-state index contributed by atoms with van der Waals surface area (Å²) in [6, 6.07) is 12.8. The third-order valence-corrected chi connectivity index (χ3v) is 5.39. The Labute approximate surface area is 174 Å². The van der Waals surface area contributed by atoms with Crippen LogP contribution in [-0.4, -0.2) is 36.4 Å². The second kappa shape index (κ2) is 9.73. The molecule has 5 nitrogen and oxygen atoms in total. The Morgan fingerprint density at radius 1 is 1.07 bits per heavy atom. The van der Waals surface area contributed by atoms with E-state index in [1.165, 1.54) is 0 Å². The number of para-hydroxylation sites is 1. The Bertz CT molecular complexity index is 845. The fraction of sp³-hybridized carbons (Fsp3) is 0.364. The lowest BCUT2D eigenvalue weighted by Crippen LogP contribution is -2.33. The van der Waals surface area contributed by atoms with Gasteiger partial charge in [0.05, 0.1) is 15.7 Å². The van der Waals surface area contributed by atoms with Crippen molar-refractivity contribution >= 4 is 33.4 Å². The third kappa shape index (κ3) is 5.35. The number of likely N-dealkylation sites (tertiary alicyclic amines) is 1. The molecule has 0 spiro atoms. The molecular formula is C22H25BrN2O3. The van der Waals surface area contributed by atoms with Crippen molar-refractivity contribution in [2.24, 2.45) is 0 Å². The number of rotatable bonds is 5. The molecule has 1 saturated heterocycles. The van der Waals surface area contributed by atoms with Crippen molar-refractivity contribution < 1.29 is 14.3 Å². The van der Waals surface area contributed by atoms with Crippen molar-refractivity contribution in [3.63, 3.8) is 0 Å². The number of carbonyl (C=O) groups excluding carboxylic acids is 2. The summed E-state index contributed by atoms with van der Waals surface area (Å²) in [4.78, 5) is 27.2. The molecule has 28 heavy (non-hydrogen) atoms. The first-order chi connectivity index (χ1) is 13.5. The van der Waals surface area contributed by atoms with Crippen LogP contribution in [-0.2, 0) is 4.79 Å². The van der Waals surface area contributed by atoms with Crippen molar-refractivity contribution in [1.29, 1.82) is 0 Å². The van der Waals surface area contributed by atoms with Crippen LogP contribution in [0, 0.1) is 6.92 Å². The minimum Gasteiger partial charge on any atom is -0.483 e. The predicted molar refractivity (Wildman–Crippen MR) is 114 cm³/mol. The molecule has 1 aliphatic rings. The molecule has 148 valence electrons. The number of nitrogens with zero attached hydrogens (tertiary/aromatic N) is 1. The number of ether oxygens (including phenoxy) is 1. The van der Waals surface area contributed by atoms with Gasteiger partial charge in [0, 0.05) is 13.1 Å². The molecule has 2 amide bonds. The van der Waals surface area contributed by atoms with Gasteiger partial charge in [0.1, 0.15) is 5.75 Å². The Kier molecular flexibility index (Phi) is 7.09. The first-order valence-corrected chi connectivity index (χ1v) is 10.4. The average molecular weight is 445 g/mol. The minimum atomic E-state index is -0.302. The number of amides is 2. The molecule has 1 aliphatic heterocycles. The summed E-state index contributed by atoms with van der Waals surface area (Å²) in [5.74, 6) is 0.276. The van der Waals surface area contributed by atoms with E-state index in [0.29, 0.717) is 17.0 Å². The molecule has 6 heteroatoms. The van der Waals surface area contributed by atoms with Crippen molar-refractivity contribution in [1.82, 2.24) is 4.90 Å². The SMILES string of the molecule is Cc1ccc(OCC(=O)Nc2ccccc2C(=O)N2CCCCCC2)c(Br)c1. The largest absolute Gasteiger partial charge is 0.483 e. The monoisotopic (exact) mass is 444 g/mol. The highest BCUT2D eigenvalue weighted by atomic mass is 79.9. The number of carbonyl (C=O) groups is 2. The molecule has 1 N–H and O–H groups in total. The summed E-state index contributed by atoms with van der Waals surface area (Å²) >= 11 is 3.44. The van der Waals surface area contributed by atoms with Crippen molar-refractivity contribution in [3.05, 3.63) is 58.1 Å². The van der Waals surface area contributed by atoms with Gasteiger partial charge in [0.2, 0.25) is 0 Å². The maximum Gasteiger partial charge on any atom is 0.262 e. The smallest absolute Gasteiger partial charge is 0.262 e. The van der Waals surface area contributed by atoms with Crippen LogP contribution in [0.15, 0.2) is 46.9 Å². The Morgan fingerprint density at radius 2 is 1.79 bits per heavy atom. The van der Waals surface area contributed by atoms with E-state index in [1.807, 2.05) is 42.2 Å². The topological polar surface area (TPSA) is 58.6 Å². The van der Waals surface area contributed by atoms with E-state index in [4.69, 9.17) is 4.74 Å². The third-order valence-electron chi connectivity index (χ3n) is 4.77. The number of hydrogen-bond donors (Lipinski definition) is 1. The molecule has 3 rings (SSSR count). The highest BCUT2D eigenvalue weighted by molar-refractivity contribution is 9.10. The second-order valence-electron chi connectivity index (χ2n) is 7.02. The average Bonchev–Trinajstić information content (AvgIpc) is 2.97. The van der Waals surface area contributed by atoms with Gasteiger partial charge in [0.25, 0.3) is 11.8 Å². The van der Waals surface area contributed by atoms with Crippen molar-refractivity contribution in [3.8, 4) is 5.75 Å². The van der Waals surface area contributed by atoms with Gasteiger partial charge in [-0.05, 0) is 65.5 Å². The Hall–Kier alpha value is -2.34. The highest BCUT2D eigenvalue weighted by Crippen LogP contribution is 2.26. The maximum atomic E-state index is 12.9. The van der Waals surface area contributed by atoms with Crippen LogP contribution in [0.25, 0.3) is 0 Å². The number of aryl methyl sites for hydroxylation is 1. The summed E-state index contributed by atoms with van der Waals surface area (Å²) in [6.07, 6.45) is 4.38. The van der Waals surface area contributed by atoms with E-state index in [9.17, 15) is 9.59 Å². The second-order valence-corrected chi connectivity index (χ2v) is 7.88. The number of anilines is 1. The minimum absolute atomic E-state index is 0.0278. The van der Waals surface area contributed by atoms with E-state index in [2.05, 4.69) is 21.2 Å². The van der Waals surface area contributed by atoms with Crippen LogP contribution in [0.3, 0.4) is 0 Å². The van der Waals surface area contributed by atoms with Crippen LogP contribution < -0.4 is 10.1 Å². The lowest BCUT2D eigenvalue weighted by Gasteiger charge is -2.22. The number of benzene rings is 2. The van der Waals surface area contributed by atoms with Gasteiger partial charge in [-0.2, -0.15) is 0 Å². The molecule has 0 saturated carbocycles. The molecule has 0 bridgehead atoms. The lowest BCUT2D eigenvalue weighted by atomic mass is 10.1. The molecule has 2 aromatic rings. The van der Waals surface area contributed by atoms with E-state index in [0.717, 1.165) is 48.8 Å². The standard InChI is InChI=1S/C22H25BrN2O3/c1-16-10-11-20(18(23)14-16)28-15-21(26)24-19-9-5-4-8-17(19)22(27)25-12-6-2-3-7-13-25/h4-5,8-11,14H,2-3,6-7,12-13,15H2,1H3,(H,24,26). The van der Waals surface area contributed by atoms with E-state index >= 15 is 0 Å². The summed E-state index contributed by atoms with van der Waals surface area (Å²) < 4.78 is 6.41. The van der Waals surface area contributed by atoms with Gasteiger partial charge < -0.3 is 15.0 Å². The fourth-order valence-corrected chi connectivity index (χ4v) is 3.88. The predicted octanol–water partition coefficient (Wildman–Crippen LogP) is 4.79. The number of halogens is 1. The van der Waals surface area contributed by atoms with Gasteiger partial charge in [-0.25, -0.2) is 0 Å². The summed E-state index contributed by atoms with van der Waals surface area (Å²) in [5, 5.41) is 2.82. The lowest BCUT2D eigenvalue weighted by molar-refractivity contribution is -0.118. The summed E-state index contributed by atoms with van der Waals surface area (Å²) in [7, 11) is 0. The Balaban J connectivity index is 1.65. The van der Waals surface area contributed by atoms with E-state index in [1.54, 1.807) is 12.1 Å². The molecule has 1 fully saturated rings. The van der Waals surface area contributed by atoms with Crippen molar-refractivity contribution in [2.75, 3.05) is 25.0 Å². The van der Waals surface area contributed by atoms with E-state index in [-0.39, 0.29) is 18.4 Å². The first-order valence-electron chi connectivity index (χ1n) is 9.62. The van der Waals surface area contributed by atoms with Gasteiger partial charge in [-0.15, -0.1) is 0 Å². The molecule has 1 heterocycles. The molecule has 0 aromatic heterocycles. The molecule has 2 aromatic carbocycles. The first kappa shape index (κ1) is 20.4. The quantitative estimate of drug-likeness (QED) is 0.720. The molecule has 0 aliphatic carbocycles. The van der Waals surface area contributed by atoms with Gasteiger partial charge >= 0.3 is 0 Å². The number of nitrogens with one attached hydrogen (secondary N) is 1. The number of hydrogen-bond acceptors (Lipinski definition) is 3.